The number of likely N-dealkylation sites (tertiary alicyclic amines) is 1. The molecule has 0 bridgehead atoms. The molecular weight excluding hydrogens is 600 g/mol. The number of rotatable bonds is 7. The number of nitrogens with one attached hydrogen (secondary N) is 1. The fraction of sp³-hybridized carbons (Fsp3) is 0.393. The second-order valence-electron chi connectivity index (χ2n) is 10.1. The lowest BCUT2D eigenvalue weighted by molar-refractivity contribution is -0.252. The summed E-state index contributed by atoms with van der Waals surface area (Å²) >= 11 is 12.3. The highest BCUT2D eigenvalue weighted by molar-refractivity contribution is 6.40. The lowest BCUT2D eigenvalue weighted by atomic mass is 10.00. The van der Waals surface area contributed by atoms with Gasteiger partial charge in [0.05, 0.1) is 31.7 Å². The molecule has 2 aliphatic heterocycles. The molecule has 4 atom stereocenters. The summed E-state index contributed by atoms with van der Waals surface area (Å²) in [4.78, 5) is 29.3. The van der Waals surface area contributed by atoms with Crippen molar-refractivity contribution < 1.29 is 37.3 Å². The first-order chi connectivity index (χ1) is 20.0. The average Bonchev–Trinajstić information content (AvgIpc) is 3.59. The lowest BCUT2D eigenvalue weighted by Crippen LogP contribution is -2.48. The first kappa shape index (κ1) is 30.3. The normalized spacial score (nSPS) is 22.8. The molecule has 0 saturated carbocycles. The fourth-order valence-corrected chi connectivity index (χ4v) is 5.47. The number of imidazole rings is 1. The Hall–Kier alpha value is -3.16. The molecule has 0 aliphatic carbocycles. The summed E-state index contributed by atoms with van der Waals surface area (Å²) in [5.74, 6) is -2.74. The van der Waals surface area contributed by atoms with Crippen molar-refractivity contribution in [2.75, 3.05) is 11.9 Å². The van der Waals surface area contributed by atoms with Gasteiger partial charge in [0, 0.05) is 24.2 Å². The predicted octanol–water partition coefficient (Wildman–Crippen LogP) is 5.42. The van der Waals surface area contributed by atoms with Crippen LogP contribution in [0.15, 0.2) is 54.9 Å². The van der Waals surface area contributed by atoms with Crippen LogP contribution >= 0.6 is 23.2 Å². The summed E-state index contributed by atoms with van der Waals surface area (Å²) in [6.07, 6.45) is -4.35. The van der Waals surface area contributed by atoms with Gasteiger partial charge in [-0.25, -0.2) is 4.98 Å². The molecular formula is C28H27Cl2F3N4O5. The van der Waals surface area contributed by atoms with E-state index in [0.717, 1.165) is 11.1 Å². The number of ether oxygens (including phenoxy) is 2. The van der Waals surface area contributed by atoms with Crippen molar-refractivity contribution in [2.45, 2.75) is 63.1 Å². The van der Waals surface area contributed by atoms with Crippen molar-refractivity contribution in [1.29, 1.82) is 0 Å². The number of aliphatic hydroxyl groups excluding tert-OH is 1. The molecule has 2 fully saturated rings. The summed E-state index contributed by atoms with van der Waals surface area (Å²) in [6, 6.07) is 12.7. The molecule has 14 heteroatoms. The van der Waals surface area contributed by atoms with E-state index in [1.54, 1.807) is 41.0 Å². The molecule has 0 radical (unpaired) electrons. The van der Waals surface area contributed by atoms with Gasteiger partial charge in [-0.2, -0.15) is 13.2 Å². The van der Waals surface area contributed by atoms with Crippen LogP contribution in [0.4, 0.5) is 18.9 Å². The highest BCUT2D eigenvalue weighted by Crippen LogP contribution is 2.39. The SMILES string of the molecule is O=C(Nc1cccc([C@@H]2O[C@H](Cn3cnc(Cl)c3Cl)C[C@H](c3ccc(CO)cc3)O2)c1)[C@@H]1CCCN1C(=O)C(F)(F)F. The molecule has 224 valence electrons. The minimum absolute atomic E-state index is 0.0957. The Kier molecular flexibility index (Phi) is 9.09. The van der Waals surface area contributed by atoms with Crippen LogP contribution in [0, 0.1) is 0 Å². The molecule has 1 aromatic heterocycles. The Labute approximate surface area is 249 Å². The zero-order chi connectivity index (χ0) is 30.0. The number of hydrogen-bond acceptors (Lipinski definition) is 6. The standard InChI is InChI=1S/C28H27Cl2F3N4O5/c29-23-24(30)36(15-34-23)13-20-12-22(17-8-6-16(14-38)7-9-17)42-26(41-20)18-3-1-4-19(11-18)35-25(39)21-5-2-10-37(21)27(40)28(31,32)33/h1,3-4,6-9,11,15,20-22,26,38H,2,5,10,12-14H2,(H,35,39)/t20-,21-,22+,26+/m0/s1. The third-order valence-electron chi connectivity index (χ3n) is 7.23. The average molecular weight is 627 g/mol. The van der Waals surface area contributed by atoms with E-state index in [9.17, 15) is 27.9 Å². The van der Waals surface area contributed by atoms with Crippen molar-refractivity contribution in [3.8, 4) is 0 Å². The van der Waals surface area contributed by atoms with Crippen LogP contribution < -0.4 is 5.32 Å². The zero-order valence-electron chi connectivity index (χ0n) is 22.1. The number of anilines is 1. The van der Waals surface area contributed by atoms with Crippen LogP contribution in [0.5, 0.6) is 0 Å². The van der Waals surface area contributed by atoms with Crippen molar-refractivity contribution >= 4 is 40.7 Å². The molecule has 0 unspecified atom stereocenters. The van der Waals surface area contributed by atoms with Crippen LogP contribution in [0.25, 0.3) is 0 Å². The molecule has 42 heavy (non-hydrogen) atoms. The molecule has 2 saturated heterocycles. The van der Waals surface area contributed by atoms with Crippen LogP contribution in [-0.2, 0) is 32.2 Å². The third kappa shape index (κ3) is 6.73. The first-order valence-corrected chi connectivity index (χ1v) is 13.9. The molecule has 9 nitrogen and oxygen atoms in total. The van der Waals surface area contributed by atoms with Crippen LogP contribution in [-0.4, -0.2) is 56.2 Å². The van der Waals surface area contributed by atoms with Gasteiger partial charge in [-0.05, 0) is 36.1 Å². The summed E-state index contributed by atoms with van der Waals surface area (Å²) in [5.41, 5.74) is 2.48. The summed E-state index contributed by atoms with van der Waals surface area (Å²) < 4.78 is 53.3. The van der Waals surface area contributed by atoms with E-state index in [2.05, 4.69) is 10.3 Å². The van der Waals surface area contributed by atoms with Gasteiger partial charge < -0.3 is 29.4 Å². The Bertz CT molecular complexity index is 1440. The van der Waals surface area contributed by atoms with E-state index >= 15 is 0 Å². The van der Waals surface area contributed by atoms with Gasteiger partial charge in [0.25, 0.3) is 0 Å². The summed E-state index contributed by atoms with van der Waals surface area (Å²) in [5, 5.41) is 12.5. The highest BCUT2D eigenvalue weighted by atomic mass is 35.5. The van der Waals surface area contributed by atoms with E-state index in [-0.39, 0.29) is 36.3 Å². The maximum atomic E-state index is 13.0. The first-order valence-electron chi connectivity index (χ1n) is 13.2. The van der Waals surface area contributed by atoms with Gasteiger partial charge in [0.2, 0.25) is 5.91 Å². The van der Waals surface area contributed by atoms with Crippen LogP contribution in [0.2, 0.25) is 10.3 Å². The van der Waals surface area contributed by atoms with Gasteiger partial charge in [-0.3, -0.25) is 9.59 Å². The number of carbonyl (C=O) groups is 2. The van der Waals surface area contributed by atoms with Gasteiger partial charge in [-0.15, -0.1) is 0 Å². The van der Waals surface area contributed by atoms with E-state index in [0.29, 0.717) is 29.1 Å². The van der Waals surface area contributed by atoms with Gasteiger partial charge in [0.15, 0.2) is 11.4 Å². The minimum Gasteiger partial charge on any atom is -0.392 e. The molecule has 2 aliphatic rings. The second kappa shape index (κ2) is 12.6. The predicted molar refractivity (Wildman–Crippen MR) is 147 cm³/mol. The number of benzene rings is 2. The fourth-order valence-electron chi connectivity index (χ4n) is 5.16. The number of nitrogens with zero attached hydrogens (tertiary/aromatic N) is 3. The number of carbonyl (C=O) groups excluding carboxylic acids is 2. The topological polar surface area (TPSA) is 106 Å². The summed E-state index contributed by atoms with van der Waals surface area (Å²) in [7, 11) is 0. The monoisotopic (exact) mass is 626 g/mol. The smallest absolute Gasteiger partial charge is 0.392 e. The van der Waals surface area contributed by atoms with E-state index in [1.807, 2.05) is 12.1 Å². The maximum absolute atomic E-state index is 13.0. The van der Waals surface area contributed by atoms with E-state index in [1.165, 1.54) is 6.33 Å². The Morgan fingerprint density at radius 2 is 1.86 bits per heavy atom. The largest absolute Gasteiger partial charge is 0.471 e. The van der Waals surface area contributed by atoms with Crippen LogP contribution in [0.3, 0.4) is 0 Å². The van der Waals surface area contributed by atoms with Crippen molar-refractivity contribution in [3.05, 3.63) is 81.9 Å². The van der Waals surface area contributed by atoms with Gasteiger partial charge >= 0.3 is 12.1 Å². The van der Waals surface area contributed by atoms with Crippen molar-refractivity contribution in [2.24, 2.45) is 0 Å². The number of halogens is 5. The number of aliphatic hydroxyl groups is 1. The number of amides is 2. The highest BCUT2D eigenvalue weighted by Gasteiger charge is 2.47. The molecule has 2 aromatic carbocycles. The second-order valence-corrected chi connectivity index (χ2v) is 10.8. The minimum atomic E-state index is -5.06. The van der Waals surface area contributed by atoms with Crippen molar-refractivity contribution in [1.82, 2.24) is 14.5 Å². The summed E-state index contributed by atoms with van der Waals surface area (Å²) in [6.45, 7) is 0.0841. The molecule has 0 spiro atoms. The number of aromatic nitrogens is 2. The van der Waals surface area contributed by atoms with E-state index < -0.39 is 42.5 Å². The molecule has 3 aromatic rings. The quantitative estimate of drug-likeness (QED) is 0.363. The Morgan fingerprint density at radius 1 is 1.10 bits per heavy atom. The van der Waals surface area contributed by atoms with E-state index in [4.69, 9.17) is 32.7 Å². The third-order valence-corrected chi connectivity index (χ3v) is 8.00. The number of alkyl halides is 3. The maximum Gasteiger partial charge on any atom is 0.471 e. The van der Waals surface area contributed by atoms with Crippen molar-refractivity contribution in [3.63, 3.8) is 0 Å². The molecule has 2 N–H and O–H groups in total. The van der Waals surface area contributed by atoms with Gasteiger partial charge in [-0.1, -0.05) is 59.6 Å². The zero-order valence-corrected chi connectivity index (χ0v) is 23.6. The number of hydrogen-bond donors (Lipinski definition) is 2. The molecule has 5 rings (SSSR count). The molecule has 3 heterocycles. The Morgan fingerprint density at radius 3 is 2.52 bits per heavy atom. The lowest BCUT2D eigenvalue weighted by Gasteiger charge is -2.36. The molecule has 2 amide bonds. The van der Waals surface area contributed by atoms with Gasteiger partial charge in [0.1, 0.15) is 11.2 Å². The van der Waals surface area contributed by atoms with Crippen LogP contribution in [0.1, 0.15) is 48.3 Å². The Balaban J connectivity index is 1.35.